The van der Waals surface area contributed by atoms with E-state index in [0.29, 0.717) is 5.69 Å². The molecule has 1 unspecified atom stereocenters. The summed E-state index contributed by atoms with van der Waals surface area (Å²) < 4.78 is 4.47. The van der Waals surface area contributed by atoms with Crippen LogP contribution in [0.3, 0.4) is 0 Å². The van der Waals surface area contributed by atoms with Crippen molar-refractivity contribution in [3.05, 3.63) is 22.2 Å². The van der Waals surface area contributed by atoms with Crippen LogP contribution in [0.1, 0.15) is 0 Å². The number of anilines is 1. The Morgan fingerprint density at radius 2 is 2.17 bits per heavy atom. The summed E-state index contributed by atoms with van der Waals surface area (Å²) in [5.74, 6) is 0. The summed E-state index contributed by atoms with van der Waals surface area (Å²) in [6.45, 7) is -0.309. The number of aromatic nitrogens is 2. The van der Waals surface area contributed by atoms with Gasteiger partial charge in [-0.1, -0.05) is 0 Å². The fourth-order valence-electron chi connectivity index (χ4n) is 1.44. The van der Waals surface area contributed by atoms with Crippen LogP contribution >= 0.6 is 0 Å². The van der Waals surface area contributed by atoms with Crippen molar-refractivity contribution < 1.29 is 19.8 Å². The zero-order valence-electron chi connectivity index (χ0n) is 9.11. The van der Waals surface area contributed by atoms with E-state index in [1.165, 1.54) is 12.1 Å². The van der Waals surface area contributed by atoms with Crippen molar-refractivity contribution in [2.45, 2.75) is 6.10 Å². The molecule has 1 aromatic carbocycles. The van der Waals surface area contributed by atoms with Crippen molar-refractivity contribution in [3.8, 4) is 0 Å². The molecule has 0 saturated carbocycles. The van der Waals surface area contributed by atoms with Crippen LogP contribution in [0.5, 0.6) is 0 Å². The van der Waals surface area contributed by atoms with E-state index in [1.807, 2.05) is 0 Å². The Morgan fingerprint density at radius 3 is 2.83 bits per heavy atom. The van der Waals surface area contributed by atoms with Gasteiger partial charge in [0.1, 0.15) is 0 Å². The molecule has 9 heteroatoms. The summed E-state index contributed by atoms with van der Waals surface area (Å²) in [7, 11) is 0. The quantitative estimate of drug-likeness (QED) is 0.497. The summed E-state index contributed by atoms with van der Waals surface area (Å²) in [4.78, 5) is 10.2. The predicted molar refractivity (Wildman–Crippen MR) is 60.0 cm³/mol. The molecule has 2 aromatic rings. The van der Waals surface area contributed by atoms with Crippen molar-refractivity contribution in [2.24, 2.45) is 0 Å². The number of benzene rings is 1. The van der Waals surface area contributed by atoms with Crippen molar-refractivity contribution in [1.82, 2.24) is 10.3 Å². The van der Waals surface area contributed by atoms with Crippen LogP contribution in [0.2, 0.25) is 0 Å². The molecular formula is C9H10N4O5. The van der Waals surface area contributed by atoms with Gasteiger partial charge in [0.2, 0.25) is 5.52 Å². The molecule has 96 valence electrons. The van der Waals surface area contributed by atoms with Gasteiger partial charge in [-0.3, -0.25) is 10.1 Å². The van der Waals surface area contributed by atoms with Crippen LogP contribution in [0.15, 0.2) is 16.8 Å². The van der Waals surface area contributed by atoms with Gasteiger partial charge in [0, 0.05) is 12.6 Å². The van der Waals surface area contributed by atoms with Crippen LogP contribution in [-0.4, -0.2) is 44.7 Å². The molecule has 1 aromatic heterocycles. The zero-order valence-corrected chi connectivity index (χ0v) is 9.11. The van der Waals surface area contributed by atoms with Crippen molar-refractivity contribution in [2.75, 3.05) is 18.5 Å². The first-order valence-corrected chi connectivity index (χ1v) is 5.06. The second-order valence-electron chi connectivity index (χ2n) is 3.57. The van der Waals surface area contributed by atoms with Gasteiger partial charge >= 0.3 is 5.69 Å². The summed E-state index contributed by atoms with van der Waals surface area (Å²) in [6.07, 6.45) is -0.935. The Morgan fingerprint density at radius 1 is 1.44 bits per heavy atom. The molecular weight excluding hydrogens is 244 g/mol. The highest BCUT2D eigenvalue weighted by molar-refractivity contribution is 5.93. The standard InChI is InChI=1S/C9H10N4O5/c14-4-5(15)3-10-6-1-2-7(13(16)17)9-8(6)11-18-12-9/h1-2,5,10,14-15H,3-4H2. The summed E-state index contributed by atoms with van der Waals surface area (Å²) in [5, 5.41) is 38.5. The summed E-state index contributed by atoms with van der Waals surface area (Å²) in [6, 6.07) is 2.70. The first kappa shape index (κ1) is 12.2. The lowest BCUT2D eigenvalue weighted by Gasteiger charge is -2.09. The minimum atomic E-state index is -0.935. The molecule has 1 atom stereocenters. The largest absolute Gasteiger partial charge is 0.394 e. The molecule has 0 bridgehead atoms. The zero-order chi connectivity index (χ0) is 13.1. The molecule has 0 amide bonds. The number of hydrogen-bond acceptors (Lipinski definition) is 8. The van der Waals surface area contributed by atoms with E-state index in [0.717, 1.165) is 0 Å². The Kier molecular flexibility index (Phi) is 3.35. The lowest BCUT2D eigenvalue weighted by atomic mass is 10.2. The van der Waals surface area contributed by atoms with Gasteiger partial charge in [-0.2, -0.15) is 0 Å². The number of aliphatic hydroxyl groups is 2. The first-order valence-electron chi connectivity index (χ1n) is 5.06. The topological polar surface area (TPSA) is 135 Å². The van der Waals surface area contributed by atoms with Gasteiger partial charge in [0.25, 0.3) is 0 Å². The SMILES string of the molecule is O=[N+]([O-])c1ccc(NCC(O)CO)c2nonc12. The van der Waals surface area contributed by atoms with E-state index < -0.39 is 11.0 Å². The highest BCUT2D eigenvalue weighted by Gasteiger charge is 2.19. The second-order valence-corrected chi connectivity index (χ2v) is 3.57. The molecule has 0 spiro atoms. The first-order chi connectivity index (χ1) is 8.63. The third-order valence-corrected chi connectivity index (χ3v) is 2.33. The normalized spacial score (nSPS) is 12.6. The molecule has 0 saturated heterocycles. The van der Waals surface area contributed by atoms with Gasteiger partial charge in [-0.05, 0) is 16.4 Å². The van der Waals surface area contributed by atoms with Crippen LogP contribution in [0, 0.1) is 10.1 Å². The number of nitro benzene ring substituents is 1. The lowest BCUT2D eigenvalue weighted by Crippen LogP contribution is -2.23. The van der Waals surface area contributed by atoms with E-state index in [2.05, 4.69) is 20.3 Å². The van der Waals surface area contributed by atoms with Gasteiger partial charge < -0.3 is 15.5 Å². The van der Waals surface area contributed by atoms with Crippen molar-refractivity contribution in [3.63, 3.8) is 0 Å². The Labute approximate surface area is 100 Å². The van der Waals surface area contributed by atoms with E-state index in [4.69, 9.17) is 5.11 Å². The lowest BCUT2D eigenvalue weighted by molar-refractivity contribution is -0.383. The van der Waals surface area contributed by atoms with Crippen molar-refractivity contribution in [1.29, 1.82) is 0 Å². The highest BCUT2D eigenvalue weighted by Crippen LogP contribution is 2.28. The molecule has 0 fully saturated rings. The maximum atomic E-state index is 10.7. The minimum absolute atomic E-state index is 0.0310. The summed E-state index contributed by atoms with van der Waals surface area (Å²) >= 11 is 0. The molecule has 0 aliphatic rings. The van der Waals surface area contributed by atoms with Crippen LogP contribution in [0.4, 0.5) is 11.4 Å². The summed E-state index contributed by atoms with van der Waals surface area (Å²) in [5.41, 5.74) is 0.460. The monoisotopic (exact) mass is 254 g/mol. The molecule has 0 aliphatic carbocycles. The average molecular weight is 254 g/mol. The smallest absolute Gasteiger partial charge is 0.300 e. The van der Waals surface area contributed by atoms with Crippen LogP contribution in [-0.2, 0) is 0 Å². The third-order valence-electron chi connectivity index (χ3n) is 2.33. The van der Waals surface area contributed by atoms with Gasteiger partial charge in [-0.15, -0.1) is 0 Å². The number of rotatable bonds is 5. The number of hydrogen-bond donors (Lipinski definition) is 3. The Bertz CT molecular complexity index is 569. The number of nitrogens with one attached hydrogen (secondary N) is 1. The number of fused-ring (bicyclic) bond motifs is 1. The number of nitro groups is 1. The van der Waals surface area contributed by atoms with E-state index in [1.54, 1.807) is 0 Å². The maximum absolute atomic E-state index is 10.7. The Hall–Kier alpha value is -2.26. The van der Waals surface area contributed by atoms with E-state index in [-0.39, 0.29) is 29.9 Å². The Balaban J connectivity index is 2.33. The predicted octanol–water partition coefficient (Wildman–Crippen LogP) is -0.104. The molecule has 3 N–H and O–H groups in total. The molecule has 18 heavy (non-hydrogen) atoms. The second kappa shape index (κ2) is 4.94. The van der Waals surface area contributed by atoms with Crippen molar-refractivity contribution >= 4 is 22.4 Å². The average Bonchev–Trinajstić information content (AvgIpc) is 2.84. The molecule has 0 radical (unpaired) electrons. The van der Waals surface area contributed by atoms with Gasteiger partial charge in [0.15, 0.2) is 5.52 Å². The highest BCUT2D eigenvalue weighted by atomic mass is 16.6. The minimum Gasteiger partial charge on any atom is -0.394 e. The number of aliphatic hydroxyl groups excluding tert-OH is 2. The third kappa shape index (κ3) is 2.21. The molecule has 0 aliphatic heterocycles. The number of non-ortho nitro benzene ring substituents is 1. The fourth-order valence-corrected chi connectivity index (χ4v) is 1.44. The maximum Gasteiger partial charge on any atom is 0.300 e. The van der Waals surface area contributed by atoms with Crippen LogP contribution < -0.4 is 5.32 Å². The van der Waals surface area contributed by atoms with Gasteiger partial charge in [-0.25, -0.2) is 4.63 Å². The molecule has 9 nitrogen and oxygen atoms in total. The molecule has 1 heterocycles. The number of nitrogens with zero attached hydrogens (tertiary/aromatic N) is 3. The van der Waals surface area contributed by atoms with E-state index >= 15 is 0 Å². The molecule has 2 rings (SSSR count). The van der Waals surface area contributed by atoms with E-state index in [9.17, 15) is 15.2 Å². The van der Waals surface area contributed by atoms with Crippen LogP contribution in [0.25, 0.3) is 11.0 Å². The van der Waals surface area contributed by atoms with Gasteiger partial charge in [0.05, 0.1) is 23.3 Å². The fraction of sp³-hybridized carbons (Fsp3) is 0.333.